The molecule has 0 unspecified atom stereocenters. The van der Waals surface area contributed by atoms with Gasteiger partial charge in [-0.3, -0.25) is 14.5 Å². The minimum atomic E-state index is -0.146. The number of likely N-dealkylation sites (tertiary alicyclic amines) is 1. The summed E-state index contributed by atoms with van der Waals surface area (Å²) < 4.78 is 5.50. The van der Waals surface area contributed by atoms with Gasteiger partial charge in [0.05, 0.1) is 12.5 Å². The van der Waals surface area contributed by atoms with Crippen LogP contribution in [0.3, 0.4) is 0 Å². The lowest BCUT2D eigenvalue weighted by atomic mass is 10.00. The van der Waals surface area contributed by atoms with Gasteiger partial charge in [0.15, 0.2) is 0 Å². The highest BCUT2D eigenvalue weighted by molar-refractivity contribution is 5.79. The minimum Gasteiger partial charge on any atom is -0.396 e. The summed E-state index contributed by atoms with van der Waals surface area (Å²) in [4.78, 5) is 27.3. The number of amides is 2. The number of carbonyl (C=O) groups excluding carboxylic acids is 2. The molecule has 2 heterocycles. The zero-order valence-electron chi connectivity index (χ0n) is 17.0. The lowest BCUT2D eigenvalue weighted by Crippen LogP contribution is -2.49. The van der Waals surface area contributed by atoms with Crippen molar-refractivity contribution in [2.45, 2.75) is 50.7 Å². The second-order valence-electron chi connectivity index (χ2n) is 8.01. The standard InChI is InChI=1S/C22H33N3O4/c26-11-8-21(27)24-19-7-6-18(15-25(16-19)20-9-12-29-13-10-20)22(28)23-14-17-4-2-1-3-5-17/h1-5,18-20,26H,6-16H2,(H,23,28)(H,24,27)/t18-,19+/m1/s1. The first-order chi connectivity index (χ1) is 14.2. The van der Waals surface area contributed by atoms with E-state index in [-0.39, 0.29) is 36.8 Å². The highest BCUT2D eigenvalue weighted by atomic mass is 16.5. The Labute approximate surface area is 172 Å². The minimum absolute atomic E-state index is 0.00354. The molecule has 2 aliphatic rings. The van der Waals surface area contributed by atoms with Gasteiger partial charge in [-0.25, -0.2) is 0 Å². The van der Waals surface area contributed by atoms with Crippen molar-refractivity contribution in [2.24, 2.45) is 5.92 Å². The summed E-state index contributed by atoms with van der Waals surface area (Å²) in [5.74, 6) is -0.147. The van der Waals surface area contributed by atoms with Crippen LogP contribution in [0.25, 0.3) is 0 Å². The molecule has 7 nitrogen and oxygen atoms in total. The predicted octanol–water partition coefficient (Wildman–Crippen LogP) is 1.06. The maximum atomic E-state index is 12.9. The van der Waals surface area contributed by atoms with Gasteiger partial charge < -0.3 is 20.5 Å². The summed E-state index contributed by atoms with van der Waals surface area (Å²) in [6.07, 6.45) is 3.53. The molecule has 29 heavy (non-hydrogen) atoms. The van der Waals surface area contributed by atoms with E-state index in [1.165, 1.54) is 0 Å². The Kier molecular flexibility index (Phi) is 8.46. The van der Waals surface area contributed by atoms with Crippen LogP contribution in [-0.2, 0) is 20.9 Å². The van der Waals surface area contributed by atoms with Gasteiger partial charge >= 0.3 is 0 Å². The number of ether oxygens (including phenoxy) is 1. The largest absolute Gasteiger partial charge is 0.396 e. The zero-order valence-corrected chi connectivity index (χ0v) is 17.0. The Hall–Kier alpha value is -1.96. The van der Waals surface area contributed by atoms with Gasteiger partial charge in [0.25, 0.3) is 0 Å². The van der Waals surface area contributed by atoms with E-state index in [9.17, 15) is 9.59 Å². The monoisotopic (exact) mass is 403 g/mol. The summed E-state index contributed by atoms with van der Waals surface area (Å²) in [6, 6.07) is 10.3. The fourth-order valence-corrected chi connectivity index (χ4v) is 4.24. The molecule has 0 spiro atoms. The number of hydrogen-bond donors (Lipinski definition) is 3. The zero-order chi connectivity index (χ0) is 20.5. The van der Waals surface area contributed by atoms with E-state index >= 15 is 0 Å². The lowest BCUT2D eigenvalue weighted by molar-refractivity contribution is -0.126. The SMILES string of the molecule is O=C(CCO)N[C@H]1CC[C@@H](C(=O)NCc2ccccc2)CN(C2CCOCC2)C1. The van der Waals surface area contributed by atoms with Crippen LogP contribution in [0.15, 0.2) is 30.3 Å². The lowest BCUT2D eigenvalue weighted by Gasteiger charge is -2.36. The number of hydrogen-bond acceptors (Lipinski definition) is 5. The molecule has 1 aromatic rings. The number of aliphatic hydroxyl groups excluding tert-OH is 1. The molecule has 160 valence electrons. The quantitative estimate of drug-likeness (QED) is 0.633. The maximum absolute atomic E-state index is 12.9. The molecule has 7 heteroatoms. The molecule has 3 N–H and O–H groups in total. The van der Waals surface area contributed by atoms with Crippen LogP contribution in [0.5, 0.6) is 0 Å². The van der Waals surface area contributed by atoms with Gasteiger partial charge in [-0.05, 0) is 31.2 Å². The third kappa shape index (κ3) is 6.80. The van der Waals surface area contributed by atoms with Crippen LogP contribution in [0.1, 0.15) is 37.7 Å². The Balaban J connectivity index is 1.62. The van der Waals surface area contributed by atoms with Crippen LogP contribution in [-0.4, -0.2) is 66.8 Å². The van der Waals surface area contributed by atoms with Gasteiger partial charge in [-0.2, -0.15) is 0 Å². The van der Waals surface area contributed by atoms with Crippen LogP contribution < -0.4 is 10.6 Å². The molecule has 0 radical (unpaired) electrons. The first-order valence-corrected chi connectivity index (χ1v) is 10.7. The van der Waals surface area contributed by atoms with Crippen molar-refractivity contribution in [3.63, 3.8) is 0 Å². The van der Waals surface area contributed by atoms with Crippen molar-refractivity contribution < 1.29 is 19.4 Å². The van der Waals surface area contributed by atoms with Gasteiger partial charge in [-0.1, -0.05) is 30.3 Å². The third-order valence-electron chi connectivity index (χ3n) is 5.86. The number of aliphatic hydroxyl groups is 1. The number of nitrogens with one attached hydrogen (secondary N) is 2. The highest BCUT2D eigenvalue weighted by Gasteiger charge is 2.33. The summed E-state index contributed by atoms with van der Waals surface area (Å²) in [5.41, 5.74) is 1.09. The number of nitrogens with zero attached hydrogens (tertiary/aromatic N) is 1. The number of rotatable bonds is 7. The van der Waals surface area contributed by atoms with E-state index in [1.54, 1.807) is 0 Å². The fraction of sp³-hybridized carbons (Fsp3) is 0.636. The maximum Gasteiger partial charge on any atom is 0.224 e. The molecular formula is C22H33N3O4. The Morgan fingerprint density at radius 1 is 1.07 bits per heavy atom. The molecule has 2 saturated heterocycles. The fourth-order valence-electron chi connectivity index (χ4n) is 4.24. The molecule has 3 rings (SSSR count). The van der Waals surface area contributed by atoms with Crippen molar-refractivity contribution in [1.29, 1.82) is 0 Å². The number of carbonyl (C=O) groups is 2. The third-order valence-corrected chi connectivity index (χ3v) is 5.86. The topological polar surface area (TPSA) is 90.9 Å². The highest BCUT2D eigenvalue weighted by Crippen LogP contribution is 2.23. The summed E-state index contributed by atoms with van der Waals surface area (Å²) in [5, 5.41) is 15.1. The van der Waals surface area contributed by atoms with Gasteiger partial charge in [-0.15, -0.1) is 0 Å². The molecule has 0 aliphatic carbocycles. The van der Waals surface area contributed by atoms with E-state index in [0.29, 0.717) is 19.1 Å². The smallest absolute Gasteiger partial charge is 0.224 e. The first-order valence-electron chi connectivity index (χ1n) is 10.7. The average molecular weight is 404 g/mol. The number of benzene rings is 1. The molecule has 1 aromatic carbocycles. The molecule has 0 saturated carbocycles. The van der Waals surface area contributed by atoms with Crippen LogP contribution in [0.2, 0.25) is 0 Å². The van der Waals surface area contributed by atoms with Crippen molar-refractivity contribution >= 4 is 11.8 Å². The van der Waals surface area contributed by atoms with Gasteiger partial charge in [0.1, 0.15) is 0 Å². The van der Waals surface area contributed by atoms with E-state index in [2.05, 4.69) is 15.5 Å². The van der Waals surface area contributed by atoms with Gasteiger partial charge in [0, 0.05) is 51.4 Å². The van der Waals surface area contributed by atoms with Crippen LogP contribution in [0, 0.1) is 5.92 Å². The second kappa shape index (κ2) is 11.3. The van der Waals surface area contributed by atoms with E-state index in [4.69, 9.17) is 9.84 Å². The van der Waals surface area contributed by atoms with Crippen molar-refractivity contribution in [1.82, 2.24) is 15.5 Å². The van der Waals surface area contributed by atoms with Gasteiger partial charge in [0.2, 0.25) is 11.8 Å². The second-order valence-corrected chi connectivity index (χ2v) is 8.01. The molecule has 0 bridgehead atoms. The van der Waals surface area contributed by atoms with Crippen LogP contribution in [0.4, 0.5) is 0 Å². The summed E-state index contributed by atoms with van der Waals surface area (Å²) in [6.45, 7) is 3.32. The molecule has 2 fully saturated rings. The molecule has 2 atom stereocenters. The van der Waals surface area contributed by atoms with Crippen LogP contribution >= 0.6 is 0 Å². The molecule has 2 aliphatic heterocycles. The normalized spacial score (nSPS) is 23.9. The first kappa shape index (κ1) is 21.7. The van der Waals surface area contributed by atoms with Crippen molar-refractivity contribution in [2.75, 3.05) is 32.9 Å². The van der Waals surface area contributed by atoms with E-state index < -0.39 is 0 Å². The summed E-state index contributed by atoms with van der Waals surface area (Å²) in [7, 11) is 0. The Morgan fingerprint density at radius 2 is 1.83 bits per heavy atom. The predicted molar refractivity (Wildman–Crippen MR) is 110 cm³/mol. The van der Waals surface area contributed by atoms with E-state index in [1.807, 2.05) is 30.3 Å². The molecule has 2 amide bonds. The van der Waals surface area contributed by atoms with Crippen molar-refractivity contribution in [3.05, 3.63) is 35.9 Å². The summed E-state index contributed by atoms with van der Waals surface area (Å²) >= 11 is 0. The van der Waals surface area contributed by atoms with E-state index in [0.717, 1.165) is 51.0 Å². The molecular weight excluding hydrogens is 370 g/mol. The Morgan fingerprint density at radius 3 is 2.55 bits per heavy atom. The average Bonchev–Trinajstić information content (AvgIpc) is 2.96. The van der Waals surface area contributed by atoms with Crippen molar-refractivity contribution in [3.8, 4) is 0 Å². The molecule has 0 aromatic heterocycles. The Bertz CT molecular complexity index is 649.